The number of nitrogens with zero attached hydrogens (tertiary/aromatic N) is 2. The lowest BCUT2D eigenvalue weighted by Gasteiger charge is -2.08. The Kier molecular flexibility index (Phi) is 6.38. The fourth-order valence-corrected chi connectivity index (χ4v) is 4.14. The van der Waals surface area contributed by atoms with E-state index >= 15 is 0 Å². The number of thiazole rings is 1. The highest BCUT2D eigenvalue weighted by atomic mass is 32.1. The summed E-state index contributed by atoms with van der Waals surface area (Å²) in [4.78, 5) is 52.9. The van der Waals surface area contributed by atoms with Crippen LogP contribution in [0, 0.1) is 6.92 Å². The van der Waals surface area contributed by atoms with Crippen molar-refractivity contribution in [1.82, 2.24) is 10.1 Å². The van der Waals surface area contributed by atoms with E-state index in [-0.39, 0.29) is 28.1 Å². The van der Waals surface area contributed by atoms with E-state index in [1.807, 2.05) is 0 Å². The van der Waals surface area contributed by atoms with Crippen molar-refractivity contribution in [3.8, 4) is 10.6 Å². The number of rotatable bonds is 7. The second-order valence-corrected chi connectivity index (χ2v) is 8.14. The quantitative estimate of drug-likeness (QED) is 0.297. The number of carboxylic acid groups (broad SMARTS) is 2. The molecule has 11 nitrogen and oxygen atoms in total. The molecule has 176 valence electrons. The van der Waals surface area contributed by atoms with Crippen molar-refractivity contribution in [3.63, 3.8) is 0 Å². The molecule has 35 heavy (non-hydrogen) atoms. The summed E-state index contributed by atoms with van der Waals surface area (Å²) in [7, 11) is 0. The molecule has 0 unspecified atom stereocenters. The predicted molar refractivity (Wildman–Crippen MR) is 125 cm³/mol. The van der Waals surface area contributed by atoms with Crippen LogP contribution < -0.4 is 10.6 Å². The molecule has 2 heterocycles. The van der Waals surface area contributed by atoms with Crippen LogP contribution in [0.1, 0.15) is 47.1 Å². The Morgan fingerprint density at radius 1 is 0.857 bits per heavy atom. The summed E-state index contributed by atoms with van der Waals surface area (Å²) in [5.74, 6) is -3.72. The number of anilines is 2. The first-order chi connectivity index (χ1) is 16.7. The fourth-order valence-electron chi connectivity index (χ4n) is 3.19. The highest BCUT2D eigenvalue weighted by molar-refractivity contribution is 7.19. The van der Waals surface area contributed by atoms with Gasteiger partial charge in [-0.2, -0.15) is 0 Å². The molecule has 0 saturated carbocycles. The predicted octanol–water partition coefficient (Wildman–Crippen LogP) is 4.01. The number of carboxylic acids is 2. The zero-order valence-electron chi connectivity index (χ0n) is 17.9. The first-order valence-corrected chi connectivity index (χ1v) is 10.8. The average Bonchev–Trinajstić information content (AvgIpc) is 3.48. The van der Waals surface area contributed by atoms with Gasteiger partial charge in [0, 0.05) is 11.6 Å². The van der Waals surface area contributed by atoms with Gasteiger partial charge in [-0.25, -0.2) is 14.6 Å². The zero-order chi connectivity index (χ0) is 25.1. The second-order valence-electron chi connectivity index (χ2n) is 7.14. The Bertz CT molecular complexity index is 1460. The van der Waals surface area contributed by atoms with E-state index in [4.69, 9.17) is 0 Å². The van der Waals surface area contributed by atoms with Crippen LogP contribution in [-0.2, 0) is 0 Å². The molecule has 4 aromatic rings. The van der Waals surface area contributed by atoms with Gasteiger partial charge in [0.05, 0.1) is 27.9 Å². The lowest BCUT2D eigenvalue weighted by atomic mass is 10.0. The molecule has 0 aliphatic carbocycles. The molecule has 2 amide bonds. The van der Waals surface area contributed by atoms with Crippen molar-refractivity contribution in [2.45, 2.75) is 6.92 Å². The Labute approximate surface area is 201 Å². The van der Waals surface area contributed by atoms with Crippen LogP contribution in [0.5, 0.6) is 0 Å². The van der Waals surface area contributed by atoms with Gasteiger partial charge in [-0.15, -0.1) is 0 Å². The molecule has 0 spiro atoms. The standard InChI is InChI=1S/C23H16N4O7S/c1-11-20(26-18(28)13-4-2-3-5-14(13)22(30)31)35-21(24-11)12-6-7-15(23(32)33)16(10-12)19(29)25-17-8-9-34-27-17/h2-10H,1H3,(H,26,28)(H,30,31)(H,32,33)(H,25,27,29). The minimum Gasteiger partial charge on any atom is -0.478 e. The molecule has 4 rings (SSSR count). The van der Waals surface area contributed by atoms with Crippen molar-refractivity contribution in [1.29, 1.82) is 0 Å². The van der Waals surface area contributed by atoms with Crippen LogP contribution in [0.2, 0.25) is 0 Å². The first-order valence-electron chi connectivity index (χ1n) is 9.95. The van der Waals surface area contributed by atoms with E-state index in [0.717, 1.165) is 11.3 Å². The third-order valence-electron chi connectivity index (χ3n) is 4.85. The van der Waals surface area contributed by atoms with E-state index in [2.05, 4.69) is 25.3 Å². The Hall–Kier alpha value is -4.84. The van der Waals surface area contributed by atoms with Gasteiger partial charge in [-0.05, 0) is 31.2 Å². The second kappa shape index (κ2) is 9.57. The van der Waals surface area contributed by atoms with Gasteiger partial charge in [0.2, 0.25) is 0 Å². The van der Waals surface area contributed by atoms with Crippen LogP contribution in [0.15, 0.2) is 59.3 Å². The van der Waals surface area contributed by atoms with E-state index < -0.39 is 23.8 Å². The van der Waals surface area contributed by atoms with Crippen molar-refractivity contribution in [3.05, 3.63) is 82.7 Å². The molecule has 0 saturated heterocycles. The molecule has 0 bridgehead atoms. The molecule has 0 fully saturated rings. The average molecular weight is 492 g/mol. The van der Waals surface area contributed by atoms with Crippen LogP contribution in [0.4, 0.5) is 10.8 Å². The minimum atomic E-state index is -1.29. The number of carbonyl (C=O) groups is 4. The number of benzene rings is 2. The first kappa shape index (κ1) is 23.3. The number of aromatic carboxylic acids is 2. The minimum absolute atomic E-state index is 0.00743. The molecule has 0 aliphatic rings. The highest BCUT2D eigenvalue weighted by Crippen LogP contribution is 2.33. The van der Waals surface area contributed by atoms with Crippen LogP contribution >= 0.6 is 11.3 Å². The monoisotopic (exact) mass is 492 g/mol. The highest BCUT2D eigenvalue weighted by Gasteiger charge is 2.21. The van der Waals surface area contributed by atoms with Gasteiger partial charge < -0.3 is 25.4 Å². The number of hydrogen-bond acceptors (Lipinski definition) is 8. The van der Waals surface area contributed by atoms with Crippen molar-refractivity contribution < 1.29 is 33.9 Å². The number of aryl methyl sites for hydroxylation is 1. The SMILES string of the molecule is Cc1nc(-c2ccc(C(=O)O)c(C(=O)Nc3ccon3)c2)sc1NC(=O)c1ccccc1C(=O)O. The van der Waals surface area contributed by atoms with Gasteiger partial charge in [-0.1, -0.05) is 34.7 Å². The van der Waals surface area contributed by atoms with Gasteiger partial charge >= 0.3 is 11.9 Å². The maximum Gasteiger partial charge on any atom is 0.336 e. The smallest absolute Gasteiger partial charge is 0.336 e. The van der Waals surface area contributed by atoms with Gasteiger partial charge in [0.15, 0.2) is 5.82 Å². The number of aromatic nitrogens is 2. The van der Waals surface area contributed by atoms with Crippen molar-refractivity contribution >= 4 is 45.9 Å². The molecular formula is C23H16N4O7S. The Morgan fingerprint density at radius 2 is 1.51 bits per heavy atom. The molecule has 0 atom stereocenters. The Balaban J connectivity index is 1.64. The molecule has 0 radical (unpaired) electrons. The Morgan fingerprint density at radius 3 is 2.17 bits per heavy atom. The number of nitrogens with one attached hydrogen (secondary N) is 2. The van der Waals surface area contributed by atoms with Gasteiger partial charge in [0.25, 0.3) is 11.8 Å². The van der Waals surface area contributed by atoms with Crippen molar-refractivity contribution in [2.75, 3.05) is 10.6 Å². The fraction of sp³-hybridized carbons (Fsp3) is 0.0435. The molecule has 12 heteroatoms. The molecular weight excluding hydrogens is 476 g/mol. The maximum atomic E-state index is 12.7. The third-order valence-corrected chi connectivity index (χ3v) is 5.97. The summed E-state index contributed by atoms with van der Waals surface area (Å²) >= 11 is 1.09. The molecule has 2 aromatic heterocycles. The molecule has 0 aliphatic heterocycles. The van der Waals surface area contributed by atoms with Crippen LogP contribution in [0.25, 0.3) is 10.6 Å². The van der Waals surface area contributed by atoms with Gasteiger partial charge in [0.1, 0.15) is 16.3 Å². The molecule has 4 N–H and O–H groups in total. The molecule has 2 aromatic carbocycles. The largest absolute Gasteiger partial charge is 0.478 e. The summed E-state index contributed by atoms with van der Waals surface area (Å²) in [5, 5.41) is 28.3. The van der Waals surface area contributed by atoms with E-state index in [0.29, 0.717) is 21.3 Å². The summed E-state index contributed by atoms with van der Waals surface area (Å²) < 4.78 is 4.67. The van der Waals surface area contributed by atoms with E-state index in [9.17, 15) is 29.4 Å². The number of carbonyl (C=O) groups excluding carboxylic acids is 2. The third kappa shape index (κ3) is 4.91. The number of amides is 2. The van der Waals surface area contributed by atoms with Crippen LogP contribution in [-0.4, -0.2) is 44.1 Å². The number of hydrogen-bond donors (Lipinski definition) is 4. The summed E-state index contributed by atoms with van der Waals surface area (Å²) in [6.45, 7) is 1.66. The lowest BCUT2D eigenvalue weighted by molar-refractivity contribution is 0.0683. The zero-order valence-corrected chi connectivity index (χ0v) is 18.8. The maximum absolute atomic E-state index is 12.7. The van der Waals surface area contributed by atoms with Gasteiger partial charge in [-0.3, -0.25) is 9.59 Å². The summed E-state index contributed by atoms with van der Waals surface area (Å²) in [5.41, 5.74) is 0.418. The summed E-state index contributed by atoms with van der Waals surface area (Å²) in [6.07, 6.45) is 1.26. The van der Waals surface area contributed by atoms with E-state index in [1.165, 1.54) is 48.7 Å². The topological polar surface area (TPSA) is 172 Å². The van der Waals surface area contributed by atoms with Crippen molar-refractivity contribution in [2.24, 2.45) is 0 Å². The normalized spacial score (nSPS) is 10.5. The summed E-state index contributed by atoms with van der Waals surface area (Å²) in [6, 6.07) is 11.4. The van der Waals surface area contributed by atoms with E-state index in [1.54, 1.807) is 13.0 Å². The van der Waals surface area contributed by atoms with Crippen LogP contribution in [0.3, 0.4) is 0 Å². The lowest BCUT2D eigenvalue weighted by Crippen LogP contribution is -2.16.